The number of hydrogen-bond acceptors (Lipinski definition) is 4. The van der Waals surface area contributed by atoms with Gasteiger partial charge >= 0.3 is 0 Å². The van der Waals surface area contributed by atoms with Gasteiger partial charge in [-0.3, -0.25) is 4.79 Å². The normalized spacial score (nSPS) is 17.1. The summed E-state index contributed by atoms with van der Waals surface area (Å²) in [5.41, 5.74) is 1.46. The van der Waals surface area contributed by atoms with Crippen molar-refractivity contribution >= 4 is 17.2 Å². The maximum atomic E-state index is 12.4. The van der Waals surface area contributed by atoms with Gasteiger partial charge in [0, 0.05) is 4.88 Å². The summed E-state index contributed by atoms with van der Waals surface area (Å²) in [6.45, 7) is 0. The van der Waals surface area contributed by atoms with Crippen LogP contribution in [0.2, 0.25) is 0 Å². The number of amides is 1. The second-order valence-electron chi connectivity index (χ2n) is 5.07. The van der Waals surface area contributed by atoms with Crippen LogP contribution >= 0.6 is 11.3 Å². The van der Waals surface area contributed by atoms with E-state index >= 15 is 0 Å². The molecule has 0 fully saturated rings. The average Bonchev–Trinajstić information content (AvgIpc) is 2.97. The van der Waals surface area contributed by atoms with Gasteiger partial charge < -0.3 is 15.2 Å². The average molecular weight is 303 g/mol. The summed E-state index contributed by atoms with van der Waals surface area (Å²) in [4.78, 5) is 13.8. The van der Waals surface area contributed by atoms with Gasteiger partial charge in [0.1, 0.15) is 0 Å². The van der Waals surface area contributed by atoms with Crippen molar-refractivity contribution in [3.05, 3.63) is 45.6 Å². The molecule has 2 N–H and O–H groups in total. The van der Waals surface area contributed by atoms with E-state index in [1.165, 1.54) is 17.6 Å². The zero-order valence-electron chi connectivity index (χ0n) is 11.8. The van der Waals surface area contributed by atoms with Crippen molar-refractivity contribution in [1.29, 1.82) is 0 Å². The third-order valence-electron chi connectivity index (χ3n) is 3.82. The van der Waals surface area contributed by atoms with Crippen molar-refractivity contribution < 1.29 is 14.6 Å². The van der Waals surface area contributed by atoms with Crippen molar-refractivity contribution in [3.8, 4) is 11.5 Å². The number of carbonyl (C=O) groups excluding carboxylic acids is 1. The molecule has 0 saturated carbocycles. The molecule has 0 spiro atoms. The summed E-state index contributed by atoms with van der Waals surface area (Å²) in [7, 11) is 1.47. The molecule has 0 bridgehead atoms. The van der Waals surface area contributed by atoms with Gasteiger partial charge in [-0.05, 0) is 48.4 Å². The summed E-state index contributed by atoms with van der Waals surface area (Å²) < 4.78 is 5.04. The molecular formula is C16H17NO3S. The van der Waals surface area contributed by atoms with Crippen molar-refractivity contribution in [1.82, 2.24) is 5.32 Å². The van der Waals surface area contributed by atoms with Crippen molar-refractivity contribution in [2.24, 2.45) is 0 Å². The second-order valence-corrected chi connectivity index (χ2v) is 6.07. The van der Waals surface area contributed by atoms with E-state index in [2.05, 4.69) is 16.8 Å². The maximum absolute atomic E-state index is 12.4. The largest absolute Gasteiger partial charge is 0.504 e. The van der Waals surface area contributed by atoms with Gasteiger partial charge in [-0.2, -0.15) is 0 Å². The molecule has 1 aromatic carbocycles. The number of aryl methyl sites for hydroxylation is 1. The number of benzene rings is 1. The number of thiophene rings is 1. The van der Waals surface area contributed by atoms with Crippen LogP contribution in [0.3, 0.4) is 0 Å². The van der Waals surface area contributed by atoms with Gasteiger partial charge in [-0.1, -0.05) is 6.07 Å². The number of phenolic OH excluding ortho intramolecular Hbond substituents is 1. The van der Waals surface area contributed by atoms with Gasteiger partial charge in [0.25, 0.3) is 5.91 Å². The second kappa shape index (κ2) is 5.77. The lowest BCUT2D eigenvalue weighted by molar-refractivity contribution is 0.0929. The third-order valence-corrected chi connectivity index (χ3v) is 4.82. The zero-order valence-corrected chi connectivity index (χ0v) is 12.6. The first-order chi connectivity index (χ1) is 10.2. The van der Waals surface area contributed by atoms with Gasteiger partial charge in [0.05, 0.1) is 18.7 Å². The molecule has 1 heterocycles. The lowest BCUT2D eigenvalue weighted by Crippen LogP contribution is -2.30. The van der Waals surface area contributed by atoms with Crippen LogP contribution in [0.5, 0.6) is 11.5 Å². The van der Waals surface area contributed by atoms with Crippen molar-refractivity contribution in [3.63, 3.8) is 0 Å². The summed E-state index contributed by atoms with van der Waals surface area (Å²) in [5, 5.41) is 15.1. The number of nitrogens with one attached hydrogen (secondary N) is 1. The van der Waals surface area contributed by atoms with Crippen LogP contribution in [0.25, 0.3) is 0 Å². The van der Waals surface area contributed by atoms with E-state index in [0.29, 0.717) is 5.75 Å². The quantitative estimate of drug-likeness (QED) is 0.915. The summed E-state index contributed by atoms with van der Waals surface area (Å²) >= 11 is 1.74. The number of hydrogen-bond donors (Lipinski definition) is 2. The molecule has 21 heavy (non-hydrogen) atoms. The lowest BCUT2D eigenvalue weighted by atomic mass is 9.94. The topological polar surface area (TPSA) is 58.6 Å². The van der Waals surface area contributed by atoms with E-state index in [4.69, 9.17) is 4.74 Å². The fourth-order valence-corrected chi connectivity index (χ4v) is 3.73. The van der Waals surface area contributed by atoms with E-state index in [9.17, 15) is 9.90 Å². The SMILES string of the molecule is COc1cccc(C(=O)NC2CCCc3sccc32)c1O. The van der Waals surface area contributed by atoms with Crippen molar-refractivity contribution in [2.45, 2.75) is 25.3 Å². The Morgan fingerprint density at radius 3 is 3.10 bits per heavy atom. The Morgan fingerprint density at radius 2 is 2.29 bits per heavy atom. The zero-order chi connectivity index (χ0) is 14.8. The Morgan fingerprint density at radius 1 is 1.43 bits per heavy atom. The van der Waals surface area contributed by atoms with Gasteiger partial charge in [-0.15, -0.1) is 11.3 Å². The number of carbonyl (C=O) groups is 1. The van der Waals surface area contributed by atoms with Crippen LogP contribution in [0.15, 0.2) is 29.6 Å². The highest BCUT2D eigenvalue weighted by atomic mass is 32.1. The minimum atomic E-state index is -0.268. The molecule has 110 valence electrons. The van der Waals surface area contributed by atoms with Crippen LogP contribution in [0, 0.1) is 0 Å². The molecule has 0 aliphatic heterocycles. The number of ether oxygens (including phenoxy) is 1. The maximum Gasteiger partial charge on any atom is 0.255 e. The minimum Gasteiger partial charge on any atom is -0.504 e. The molecular weight excluding hydrogens is 286 g/mol. The van der Waals surface area contributed by atoms with E-state index in [1.54, 1.807) is 29.5 Å². The lowest BCUT2D eigenvalue weighted by Gasteiger charge is -2.24. The molecule has 5 heteroatoms. The summed E-state index contributed by atoms with van der Waals surface area (Å²) in [5.74, 6) is -0.0724. The number of para-hydroxylation sites is 1. The van der Waals surface area contributed by atoms with Gasteiger partial charge in [-0.25, -0.2) is 0 Å². The number of aromatic hydroxyl groups is 1. The highest BCUT2D eigenvalue weighted by Crippen LogP contribution is 2.34. The molecule has 1 amide bonds. The van der Waals surface area contributed by atoms with E-state index < -0.39 is 0 Å². The molecule has 1 atom stereocenters. The molecule has 0 saturated heterocycles. The molecule has 1 aromatic heterocycles. The van der Waals surface area contributed by atoms with Gasteiger partial charge in [0.2, 0.25) is 0 Å². The number of methoxy groups -OCH3 is 1. The highest BCUT2D eigenvalue weighted by Gasteiger charge is 2.24. The third kappa shape index (κ3) is 2.61. The Balaban J connectivity index is 1.82. The summed E-state index contributed by atoms with van der Waals surface area (Å²) in [6, 6.07) is 7.03. The fourth-order valence-electron chi connectivity index (χ4n) is 2.74. The number of rotatable bonds is 3. The molecule has 1 aliphatic rings. The molecule has 1 aliphatic carbocycles. The predicted octanol–water partition coefficient (Wildman–Crippen LogP) is 3.27. The van der Waals surface area contributed by atoms with Crippen LogP contribution in [-0.2, 0) is 6.42 Å². The Kier molecular flexibility index (Phi) is 3.84. The van der Waals surface area contributed by atoms with Crippen molar-refractivity contribution in [2.75, 3.05) is 7.11 Å². The van der Waals surface area contributed by atoms with Crippen LogP contribution in [-0.4, -0.2) is 18.1 Å². The smallest absolute Gasteiger partial charge is 0.255 e. The predicted molar refractivity (Wildman–Crippen MR) is 82.1 cm³/mol. The van der Waals surface area contributed by atoms with Crippen LogP contribution < -0.4 is 10.1 Å². The van der Waals surface area contributed by atoms with E-state index in [0.717, 1.165) is 19.3 Å². The van der Waals surface area contributed by atoms with E-state index in [1.807, 2.05) is 0 Å². The molecule has 1 unspecified atom stereocenters. The molecule has 2 aromatic rings. The van der Waals surface area contributed by atoms with Crippen LogP contribution in [0.4, 0.5) is 0 Å². The van der Waals surface area contributed by atoms with Gasteiger partial charge in [0.15, 0.2) is 11.5 Å². The number of phenols is 1. The standard InChI is InChI=1S/C16H17NO3S/c1-20-13-6-2-4-11(15(13)18)16(19)17-12-5-3-7-14-10(12)8-9-21-14/h2,4,6,8-9,12,18H,3,5,7H2,1H3,(H,17,19). The molecule has 4 nitrogen and oxygen atoms in total. The first-order valence-electron chi connectivity index (χ1n) is 6.94. The first kappa shape index (κ1) is 13.9. The Hall–Kier alpha value is -2.01. The monoisotopic (exact) mass is 303 g/mol. The minimum absolute atomic E-state index is 0.0260. The van der Waals surface area contributed by atoms with Crippen LogP contribution in [0.1, 0.15) is 39.7 Å². The molecule has 0 radical (unpaired) electrons. The number of fused-ring (bicyclic) bond motifs is 1. The first-order valence-corrected chi connectivity index (χ1v) is 7.81. The fraction of sp³-hybridized carbons (Fsp3) is 0.312. The summed E-state index contributed by atoms with van der Waals surface area (Å²) in [6.07, 6.45) is 3.09. The van der Waals surface area contributed by atoms with E-state index in [-0.39, 0.29) is 23.3 Å². The highest BCUT2D eigenvalue weighted by molar-refractivity contribution is 7.10. The molecule has 3 rings (SSSR count). The Bertz CT molecular complexity index is 665. The Labute approximate surface area is 127 Å².